The molecule has 0 saturated carbocycles. The molecule has 1 saturated heterocycles. The minimum atomic E-state index is -0.0373. The smallest absolute Gasteiger partial charge is 0.251 e. The number of nitrogens with zero attached hydrogens (tertiary/aromatic N) is 2. The van der Waals surface area contributed by atoms with Crippen molar-refractivity contribution in [2.75, 3.05) is 30.4 Å². The number of thiazole rings is 1. The summed E-state index contributed by atoms with van der Waals surface area (Å²) >= 11 is 1.69. The topological polar surface area (TPSA) is 57.3 Å². The molecule has 0 aliphatic carbocycles. The van der Waals surface area contributed by atoms with Gasteiger partial charge in [-0.15, -0.1) is 11.3 Å². The molecule has 0 atom stereocenters. The van der Waals surface area contributed by atoms with E-state index in [-0.39, 0.29) is 5.91 Å². The molecule has 0 radical (unpaired) electrons. The summed E-state index contributed by atoms with van der Waals surface area (Å²) in [5.74, 6) is -0.0373. The monoisotopic (exact) mass is 330 g/mol. The van der Waals surface area contributed by atoms with Gasteiger partial charge in [0.15, 0.2) is 5.13 Å². The minimum Gasteiger partial charge on any atom is -0.382 e. The van der Waals surface area contributed by atoms with Crippen LogP contribution in [0, 0.1) is 6.92 Å². The van der Waals surface area contributed by atoms with Crippen molar-refractivity contribution in [2.45, 2.75) is 25.8 Å². The van der Waals surface area contributed by atoms with Crippen LogP contribution in [0.25, 0.3) is 0 Å². The van der Waals surface area contributed by atoms with Gasteiger partial charge in [-0.3, -0.25) is 4.79 Å². The average Bonchev–Trinajstić information content (AvgIpc) is 3.11. The maximum absolute atomic E-state index is 11.9. The van der Waals surface area contributed by atoms with Gasteiger partial charge in [0.25, 0.3) is 5.91 Å². The SMILES string of the molecule is CNC(=O)c1cccc(NC2CCN(c3nccs3)CC2)c1C. The first-order valence-electron chi connectivity index (χ1n) is 7.91. The van der Waals surface area contributed by atoms with Crippen molar-refractivity contribution in [3.63, 3.8) is 0 Å². The van der Waals surface area contributed by atoms with E-state index in [1.165, 1.54) is 0 Å². The highest BCUT2D eigenvalue weighted by molar-refractivity contribution is 7.13. The molecule has 3 rings (SSSR count). The van der Waals surface area contributed by atoms with Gasteiger partial charge in [0.1, 0.15) is 0 Å². The van der Waals surface area contributed by atoms with Gasteiger partial charge in [0.05, 0.1) is 0 Å². The highest BCUT2D eigenvalue weighted by Gasteiger charge is 2.21. The molecule has 0 unspecified atom stereocenters. The number of benzene rings is 1. The van der Waals surface area contributed by atoms with E-state index >= 15 is 0 Å². The lowest BCUT2D eigenvalue weighted by Crippen LogP contribution is -2.39. The van der Waals surface area contributed by atoms with Gasteiger partial charge in [0, 0.05) is 49.0 Å². The fourth-order valence-electron chi connectivity index (χ4n) is 2.98. The van der Waals surface area contributed by atoms with Crippen LogP contribution in [0.5, 0.6) is 0 Å². The molecular weight excluding hydrogens is 308 g/mol. The summed E-state index contributed by atoms with van der Waals surface area (Å²) in [6, 6.07) is 6.29. The molecule has 1 aliphatic heterocycles. The molecule has 6 heteroatoms. The van der Waals surface area contributed by atoms with Crippen LogP contribution in [-0.2, 0) is 0 Å². The number of piperidine rings is 1. The molecule has 2 N–H and O–H groups in total. The third-order valence-corrected chi connectivity index (χ3v) is 5.18. The number of anilines is 2. The molecule has 0 spiro atoms. The van der Waals surface area contributed by atoms with E-state index < -0.39 is 0 Å². The van der Waals surface area contributed by atoms with Crippen LogP contribution in [0.4, 0.5) is 10.8 Å². The first kappa shape index (κ1) is 15.8. The van der Waals surface area contributed by atoms with Crippen LogP contribution in [0.2, 0.25) is 0 Å². The largest absolute Gasteiger partial charge is 0.382 e. The zero-order valence-electron chi connectivity index (χ0n) is 13.5. The summed E-state index contributed by atoms with van der Waals surface area (Å²) < 4.78 is 0. The van der Waals surface area contributed by atoms with Gasteiger partial charge in [0.2, 0.25) is 0 Å². The Labute approximate surface area is 140 Å². The molecule has 1 aromatic carbocycles. The lowest BCUT2D eigenvalue weighted by atomic mass is 10.0. The third kappa shape index (κ3) is 3.47. The molecule has 5 nitrogen and oxygen atoms in total. The Morgan fingerprint density at radius 1 is 1.35 bits per heavy atom. The van der Waals surface area contributed by atoms with Crippen LogP contribution in [0.15, 0.2) is 29.8 Å². The number of amides is 1. The van der Waals surface area contributed by atoms with E-state index in [1.807, 2.05) is 30.6 Å². The van der Waals surface area contributed by atoms with Gasteiger partial charge in [-0.1, -0.05) is 6.07 Å². The number of carbonyl (C=O) groups is 1. The average molecular weight is 330 g/mol. The van der Waals surface area contributed by atoms with Crippen LogP contribution < -0.4 is 15.5 Å². The molecule has 1 aromatic heterocycles. The molecule has 1 aliphatic rings. The van der Waals surface area contributed by atoms with Crippen LogP contribution in [-0.4, -0.2) is 37.1 Å². The maximum atomic E-state index is 11.9. The van der Waals surface area contributed by atoms with E-state index in [4.69, 9.17) is 0 Å². The Morgan fingerprint density at radius 2 is 2.13 bits per heavy atom. The van der Waals surface area contributed by atoms with Crippen LogP contribution >= 0.6 is 11.3 Å². The number of carbonyl (C=O) groups excluding carboxylic acids is 1. The summed E-state index contributed by atoms with van der Waals surface area (Å²) in [6.07, 6.45) is 4.00. The Hall–Kier alpha value is -2.08. The Kier molecular flexibility index (Phi) is 4.81. The molecule has 2 aromatic rings. The van der Waals surface area contributed by atoms with Gasteiger partial charge in [-0.25, -0.2) is 4.98 Å². The van der Waals surface area contributed by atoms with E-state index in [0.717, 1.165) is 47.9 Å². The molecule has 2 heterocycles. The number of nitrogens with one attached hydrogen (secondary N) is 2. The molecule has 23 heavy (non-hydrogen) atoms. The summed E-state index contributed by atoms with van der Waals surface area (Å²) in [5, 5.41) is 9.44. The third-order valence-electron chi connectivity index (χ3n) is 4.35. The number of hydrogen-bond acceptors (Lipinski definition) is 5. The molecule has 122 valence electrons. The van der Waals surface area contributed by atoms with E-state index in [9.17, 15) is 4.79 Å². The lowest BCUT2D eigenvalue weighted by molar-refractivity contribution is 0.0962. The Balaban J connectivity index is 1.64. The Bertz CT molecular complexity index is 663. The highest BCUT2D eigenvalue weighted by Crippen LogP contribution is 2.25. The lowest BCUT2D eigenvalue weighted by Gasteiger charge is -2.33. The fraction of sp³-hybridized carbons (Fsp3) is 0.412. The number of rotatable bonds is 4. The number of aromatic nitrogens is 1. The van der Waals surface area contributed by atoms with Crippen LogP contribution in [0.1, 0.15) is 28.8 Å². The summed E-state index contributed by atoms with van der Waals surface area (Å²) in [6.45, 7) is 4.02. The quantitative estimate of drug-likeness (QED) is 0.905. The van der Waals surface area contributed by atoms with E-state index in [0.29, 0.717) is 6.04 Å². The number of hydrogen-bond donors (Lipinski definition) is 2. The highest BCUT2D eigenvalue weighted by atomic mass is 32.1. The second kappa shape index (κ2) is 7.00. The van der Waals surface area contributed by atoms with E-state index in [1.54, 1.807) is 18.4 Å². The summed E-state index contributed by atoms with van der Waals surface area (Å²) in [4.78, 5) is 18.6. The van der Waals surface area contributed by atoms with Crippen molar-refractivity contribution in [3.05, 3.63) is 40.9 Å². The fourth-order valence-corrected chi connectivity index (χ4v) is 3.68. The van der Waals surface area contributed by atoms with Gasteiger partial charge in [-0.05, 0) is 37.5 Å². The van der Waals surface area contributed by atoms with Crippen molar-refractivity contribution in [1.82, 2.24) is 10.3 Å². The maximum Gasteiger partial charge on any atom is 0.251 e. The predicted octanol–water partition coefficient (Wildman–Crippen LogP) is 2.89. The van der Waals surface area contributed by atoms with Crippen molar-refractivity contribution in [1.29, 1.82) is 0 Å². The normalized spacial score (nSPS) is 15.5. The molecule has 0 bridgehead atoms. The standard InChI is InChI=1S/C17H22N4OS/c1-12-14(16(22)18-2)4-3-5-15(12)20-13-6-9-21(10-7-13)17-19-8-11-23-17/h3-5,8,11,13,20H,6-7,9-10H2,1-2H3,(H,18,22). The zero-order chi connectivity index (χ0) is 16.2. The minimum absolute atomic E-state index is 0.0373. The van der Waals surface area contributed by atoms with Gasteiger partial charge < -0.3 is 15.5 Å². The molecule has 1 fully saturated rings. The second-order valence-corrected chi connectivity index (χ2v) is 6.65. The first-order chi connectivity index (χ1) is 11.2. The van der Waals surface area contributed by atoms with Crippen molar-refractivity contribution in [2.24, 2.45) is 0 Å². The van der Waals surface area contributed by atoms with Crippen molar-refractivity contribution < 1.29 is 4.79 Å². The van der Waals surface area contributed by atoms with Crippen molar-refractivity contribution >= 4 is 28.1 Å². The van der Waals surface area contributed by atoms with Crippen LogP contribution in [0.3, 0.4) is 0 Å². The van der Waals surface area contributed by atoms with E-state index in [2.05, 4.69) is 26.6 Å². The second-order valence-electron chi connectivity index (χ2n) is 5.78. The predicted molar refractivity (Wildman–Crippen MR) is 95.5 cm³/mol. The molecular formula is C17H22N4OS. The Morgan fingerprint density at radius 3 is 2.78 bits per heavy atom. The molecule has 1 amide bonds. The van der Waals surface area contributed by atoms with Gasteiger partial charge >= 0.3 is 0 Å². The summed E-state index contributed by atoms with van der Waals surface area (Å²) in [5.41, 5.74) is 2.80. The summed E-state index contributed by atoms with van der Waals surface area (Å²) in [7, 11) is 1.66. The van der Waals surface area contributed by atoms with Gasteiger partial charge in [-0.2, -0.15) is 0 Å². The first-order valence-corrected chi connectivity index (χ1v) is 8.79. The van der Waals surface area contributed by atoms with Crippen molar-refractivity contribution in [3.8, 4) is 0 Å². The zero-order valence-corrected chi connectivity index (χ0v) is 14.3.